The fraction of sp³-hybridized carbons (Fsp3) is 0.846. The Balaban J connectivity index is 0.00000289. The van der Waals surface area contributed by atoms with E-state index in [0.717, 1.165) is 44.9 Å². The summed E-state index contributed by atoms with van der Waals surface area (Å²) in [5, 5.41) is 8.25. The lowest BCUT2D eigenvalue weighted by molar-refractivity contribution is -0.233. The van der Waals surface area contributed by atoms with E-state index in [1.807, 2.05) is 0 Å². The van der Waals surface area contributed by atoms with E-state index in [-0.39, 0.29) is 17.5 Å². The zero-order valence-corrected chi connectivity index (χ0v) is 11.4. The molecule has 18 heavy (non-hydrogen) atoms. The minimum atomic E-state index is -1.13. The van der Waals surface area contributed by atoms with Crippen LogP contribution in [0.2, 0.25) is 0 Å². The Morgan fingerprint density at radius 2 is 1.94 bits per heavy atom. The predicted octanol–water partition coefficient (Wildman–Crippen LogP) is 3.12. The van der Waals surface area contributed by atoms with Gasteiger partial charge in [0, 0.05) is 5.92 Å². The van der Waals surface area contributed by atoms with Crippen molar-refractivity contribution in [2.45, 2.75) is 58.8 Å². The monoisotopic (exact) mass is 259 g/mol. The third-order valence-corrected chi connectivity index (χ3v) is 4.22. The van der Waals surface area contributed by atoms with Gasteiger partial charge in [0.25, 0.3) is 0 Å². The Morgan fingerprint density at radius 3 is 2.33 bits per heavy atom. The largest absolute Gasteiger partial charge is 0.408 e. The highest BCUT2D eigenvalue weighted by Gasteiger charge is 2.46. The molecule has 0 aromatic rings. The molecule has 106 valence electrons. The maximum atomic E-state index is 11.7. The van der Waals surface area contributed by atoms with Crippen molar-refractivity contribution in [2.24, 2.45) is 11.3 Å². The van der Waals surface area contributed by atoms with E-state index in [0.29, 0.717) is 0 Å². The molecule has 4 N–H and O–H groups in total. The molecule has 0 spiro atoms. The Kier molecular flexibility index (Phi) is 7.09. The summed E-state index contributed by atoms with van der Waals surface area (Å²) in [5.41, 5.74) is -0.0273. The molecule has 0 aromatic heterocycles. The van der Waals surface area contributed by atoms with Gasteiger partial charge in [0.05, 0.1) is 0 Å². The lowest BCUT2D eigenvalue weighted by Gasteiger charge is -2.46. The first-order valence-electron chi connectivity index (χ1n) is 6.47. The maximum Gasteiger partial charge on any atom is 0.408 e. The van der Waals surface area contributed by atoms with Gasteiger partial charge in [-0.2, -0.15) is 5.26 Å². The average molecular weight is 259 g/mol. The highest BCUT2D eigenvalue weighted by molar-refractivity contribution is 6.34. The molecule has 1 saturated carbocycles. The van der Waals surface area contributed by atoms with Gasteiger partial charge < -0.3 is 6.15 Å². The van der Waals surface area contributed by atoms with Crippen molar-refractivity contribution >= 4 is 11.8 Å². The molecule has 1 atom stereocenters. The molecule has 1 fully saturated rings. The molecule has 1 aliphatic rings. The number of carbonyl (C=O) groups is 2. The number of ketones is 1. The summed E-state index contributed by atoms with van der Waals surface area (Å²) in [6, 6.07) is 0. The van der Waals surface area contributed by atoms with Crippen LogP contribution in [0.3, 0.4) is 0 Å². The molecular formula is C13H25NO4. The van der Waals surface area contributed by atoms with Crippen molar-refractivity contribution in [1.82, 2.24) is 6.15 Å². The average Bonchev–Trinajstić information content (AvgIpc) is 2.30. The quantitative estimate of drug-likeness (QED) is 0.317. The number of hydrogen-bond donors (Lipinski definition) is 2. The molecule has 0 bridgehead atoms. The lowest BCUT2D eigenvalue weighted by Crippen LogP contribution is -2.42. The van der Waals surface area contributed by atoms with Crippen LogP contribution in [0.5, 0.6) is 0 Å². The zero-order valence-electron chi connectivity index (χ0n) is 11.4. The Morgan fingerprint density at radius 1 is 1.33 bits per heavy atom. The van der Waals surface area contributed by atoms with E-state index < -0.39 is 11.8 Å². The van der Waals surface area contributed by atoms with E-state index in [2.05, 4.69) is 11.8 Å². The first-order valence-corrected chi connectivity index (χ1v) is 6.47. The van der Waals surface area contributed by atoms with Crippen molar-refractivity contribution < 1.29 is 19.7 Å². The van der Waals surface area contributed by atoms with Crippen LogP contribution < -0.4 is 6.15 Å². The van der Waals surface area contributed by atoms with Crippen LogP contribution in [-0.2, 0) is 14.5 Å². The van der Waals surface area contributed by atoms with Crippen molar-refractivity contribution in [3.05, 3.63) is 0 Å². The van der Waals surface area contributed by atoms with Crippen LogP contribution in [0.1, 0.15) is 58.8 Å². The van der Waals surface area contributed by atoms with E-state index in [4.69, 9.17) is 5.26 Å². The van der Waals surface area contributed by atoms with Gasteiger partial charge >= 0.3 is 5.97 Å². The van der Waals surface area contributed by atoms with Crippen LogP contribution in [0.4, 0.5) is 0 Å². The fourth-order valence-corrected chi connectivity index (χ4v) is 2.76. The summed E-state index contributed by atoms with van der Waals surface area (Å²) in [7, 11) is 0. The summed E-state index contributed by atoms with van der Waals surface area (Å²) in [6.07, 6.45) is 7.53. The van der Waals surface area contributed by atoms with Gasteiger partial charge in [-0.05, 0) is 24.7 Å². The summed E-state index contributed by atoms with van der Waals surface area (Å²) < 4.78 is 0. The third-order valence-electron chi connectivity index (χ3n) is 4.22. The summed E-state index contributed by atoms with van der Waals surface area (Å²) >= 11 is 0. The molecule has 0 amide bonds. The number of rotatable bonds is 7. The minimum absolute atomic E-state index is 0. The number of carbonyl (C=O) groups excluding carboxylic acids is 2. The third kappa shape index (κ3) is 3.53. The first kappa shape index (κ1) is 17.1. The predicted molar refractivity (Wildman–Crippen MR) is 68.3 cm³/mol. The van der Waals surface area contributed by atoms with Crippen LogP contribution in [-0.4, -0.2) is 17.0 Å². The van der Waals surface area contributed by atoms with Crippen molar-refractivity contribution in [3.8, 4) is 0 Å². The maximum absolute atomic E-state index is 11.7. The number of unbranched alkanes of at least 4 members (excludes halogenated alkanes) is 2. The number of Topliss-reactive ketones (excluding diaryl/α,β-unsaturated/α-hetero) is 1. The van der Waals surface area contributed by atoms with Gasteiger partial charge in [-0.3, -0.25) is 9.68 Å². The summed E-state index contributed by atoms with van der Waals surface area (Å²) in [5.74, 6) is -2.06. The van der Waals surface area contributed by atoms with Gasteiger partial charge in [-0.1, -0.05) is 39.5 Å². The van der Waals surface area contributed by atoms with Crippen molar-refractivity contribution in [1.29, 1.82) is 0 Å². The summed E-state index contributed by atoms with van der Waals surface area (Å²) in [6.45, 7) is 3.93. The standard InChI is InChI=1S/C13H22O4.H3N/c1-3-4-5-7-13(8-6-9-13)10(2)11(14)12(15)17-16;/h10,16H,3-9H2,1-2H3;1H3. The lowest BCUT2D eigenvalue weighted by atomic mass is 9.58. The molecule has 1 aliphatic carbocycles. The van der Waals surface area contributed by atoms with E-state index in [1.54, 1.807) is 6.92 Å². The Labute approximate surface area is 108 Å². The topological polar surface area (TPSA) is 98.6 Å². The molecule has 5 nitrogen and oxygen atoms in total. The van der Waals surface area contributed by atoms with Gasteiger partial charge in [0.15, 0.2) is 0 Å². The minimum Gasteiger partial charge on any atom is -0.344 e. The Bertz CT molecular complexity index is 287. The second kappa shape index (κ2) is 7.48. The fourth-order valence-electron chi connectivity index (χ4n) is 2.76. The van der Waals surface area contributed by atoms with Gasteiger partial charge in [0.1, 0.15) is 0 Å². The first-order chi connectivity index (χ1) is 8.07. The molecule has 0 heterocycles. The van der Waals surface area contributed by atoms with Crippen molar-refractivity contribution in [3.63, 3.8) is 0 Å². The molecule has 0 saturated heterocycles. The van der Waals surface area contributed by atoms with Crippen molar-refractivity contribution in [2.75, 3.05) is 0 Å². The smallest absolute Gasteiger partial charge is 0.344 e. The van der Waals surface area contributed by atoms with Crippen LogP contribution in [0.15, 0.2) is 0 Å². The van der Waals surface area contributed by atoms with Gasteiger partial charge in [-0.25, -0.2) is 4.79 Å². The normalized spacial score (nSPS) is 18.2. The van der Waals surface area contributed by atoms with E-state index in [9.17, 15) is 9.59 Å². The molecule has 0 radical (unpaired) electrons. The zero-order chi connectivity index (χ0) is 12.9. The van der Waals surface area contributed by atoms with E-state index >= 15 is 0 Å². The molecule has 1 unspecified atom stereocenters. The van der Waals surface area contributed by atoms with Crippen LogP contribution in [0, 0.1) is 11.3 Å². The number of hydrogen-bond acceptors (Lipinski definition) is 5. The molecule has 0 aromatic carbocycles. The summed E-state index contributed by atoms with van der Waals surface area (Å²) in [4.78, 5) is 26.3. The highest BCUT2D eigenvalue weighted by Crippen LogP contribution is 2.51. The van der Waals surface area contributed by atoms with Crippen LogP contribution >= 0.6 is 0 Å². The molecule has 1 rings (SSSR count). The highest BCUT2D eigenvalue weighted by atomic mass is 17.1. The van der Waals surface area contributed by atoms with Gasteiger partial charge in [0.2, 0.25) is 5.78 Å². The molecule has 0 aliphatic heterocycles. The molecular weight excluding hydrogens is 234 g/mol. The second-order valence-corrected chi connectivity index (χ2v) is 5.14. The van der Waals surface area contributed by atoms with E-state index in [1.165, 1.54) is 0 Å². The van der Waals surface area contributed by atoms with Gasteiger partial charge in [-0.15, -0.1) is 0 Å². The SMILES string of the molecule is CCCCCC1(C(C)C(=O)C(=O)OO)CCC1.N. The Hall–Kier alpha value is -0.940. The molecule has 5 heteroatoms. The van der Waals surface area contributed by atoms with Crippen LogP contribution in [0.25, 0.3) is 0 Å². The second-order valence-electron chi connectivity index (χ2n) is 5.14.